The topological polar surface area (TPSA) is 68.7 Å². The van der Waals surface area contributed by atoms with Gasteiger partial charge in [0, 0.05) is 11.5 Å². The van der Waals surface area contributed by atoms with Gasteiger partial charge in [0.25, 0.3) is 0 Å². The van der Waals surface area contributed by atoms with E-state index in [0.29, 0.717) is 12.5 Å². The number of rotatable bonds is 2. The minimum Gasteiger partial charge on any atom is -0.338 e. The number of aromatic amines is 1. The molecule has 0 spiro atoms. The summed E-state index contributed by atoms with van der Waals surface area (Å²) in [7, 11) is 5.44. The van der Waals surface area contributed by atoms with Crippen LogP contribution in [0.4, 0.5) is 14.6 Å². The normalized spacial score (nSPS) is 10.2. The van der Waals surface area contributed by atoms with E-state index in [4.69, 9.17) is 13.1 Å². The second-order valence-corrected chi connectivity index (χ2v) is 3.25. The van der Waals surface area contributed by atoms with Gasteiger partial charge in [-0.25, -0.2) is 8.78 Å². The van der Waals surface area contributed by atoms with E-state index in [0.717, 1.165) is 0 Å². The van der Waals surface area contributed by atoms with Crippen LogP contribution in [0.15, 0.2) is 6.07 Å². The first kappa shape index (κ1) is 11.1. The highest BCUT2D eigenvalue weighted by Gasteiger charge is 2.18. The van der Waals surface area contributed by atoms with E-state index in [1.165, 1.54) is 0 Å². The number of amides is 1. The molecule has 0 aliphatic rings. The van der Waals surface area contributed by atoms with Crippen LogP contribution in [0.25, 0.3) is 10.9 Å². The van der Waals surface area contributed by atoms with Crippen LogP contribution in [-0.2, 0) is 4.79 Å². The number of aromatic nitrogens is 1. The van der Waals surface area contributed by atoms with Crippen LogP contribution in [0.1, 0.15) is 5.56 Å². The molecule has 0 saturated carbocycles. The first-order chi connectivity index (χ1) is 8.10. The summed E-state index contributed by atoms with van der Waals surface area (Å²) in [6, 6.07) is 2.34. The van der Waals surface area contributed by atoms with Crippen LogP contribution in [0, 0.1) is 23.0 Å². The van der Waals surface area contributed by atoms with E-state index in [1.54, 1.807) is 6.07 Å². The Morgan fingerprint density at radius 3 is 2.76 bits per heavy atom. The van der Waals surface area contributed by atoms with Crippen molar-refractivity contribution in [2.75, 3.05) is 5.32 Å². The molecule has 82 valence electrons. The maximum absolute atomic E-state index is 13.4. The standard InChI is InChI=1S/C10H4BF2N3O/c11-8-5(12)1-6(13)9-7(8)4(2-14)10(16-9)15-3-17/h1,3,16H,(H,15,17). The molecule has 0 atom stereocenters. The highest BCUT2D eigenvalue weighted by atomic mass is 19.1. The quantitative estimate of drug-likeness (QED) is 0.589. The van der Waals surface area contributed by atoms with E-state index >= 15 is 0 Å². The number of fused-ring (bicyclic) bond motifs is 1. The Kier molecular flexibility index (Phi) is 2.56. The lowest BCUT2D eigenvalue weighted by Crippen LogP contribution is -2.11. The number of H-pyrrole nitrogens is 1. The summed E-state index contributed by atoms with van der Waals surface area (Å²) in [5, 5.41) is 11.0. The zero-order chi connectivity index (χ0) is 12.6. The number of nitrogens with zero attached hydrogens (tertiary/aromatic N) is 1. The molecule has 4 nitrogen and oxygen atoms in total. The van der Waals surface area contributed by atoms with Gasteiger partial charge in [0.05, 0.1) is 5.52 Å². The fourth-order valence-electron chi connectivity index (χ4n) is 1.61. The third kappa shape index (κ3) is 1.54. The average molecular weight is 231 g/mol. The van der Waals surface area contributed by atoms with Crippen LogP contribution in [0.2, 0.25) is 0 Å². The zero-order valence-electron chi connectivity index (χ0n) is 8.34. The summed E-state index contributed by atoms with van der Waals surface area (Å²) in [4.78, 5) is 12.8. The fraction of sp³-hybridized carbons (Fsp3) is 0. The molecule has 1 aromatic heterocycles. The van der Waals surface area contributed by atoms with Crippen molar-refractivity contribution in [1.29, 1.82) is 5.26 Å². The molecule has 0 aliphatic carbocycles. The largest absolute Gasteiger partial charge is 0.338 e. The first-order valence-electron chi connectivity index (χ1n) is 4.49. The maximum atomic E-state index is 13.4. The molecule has 17 heavy (non-hydrogen) atoms. The van der Waals surface area contributed by atoms with Crippen molar-refractivity contribution in [2.24, 2.45) is 0 Å². The summed E-state index contributed by atoms with van der Waals surface area (Å²) in [5.74, 6) is -1.86. The second-order valence-electron chi connectivity index (χ2n) is 3.25. The number of nitrogens with one attached hydrogen (secondary N) is 2. The molecule has 2 radical (unpaired) electrons. The molecule has 1 aromatic carbocycles. The van der Waals surface area contributed by atoms with Gasteiger partial charge in [0.15, 0.2) is 0 Å². The highest BCUT2D eigenvalue weighted by molar-refractivity contribution is 6.39. The molecule has 2 aromatic rings. The lowest BCUT2D eigenvalue weighted by Gasteiger charge is -2.00. The molecule has 0 unspecified atom stereocenters. The Morgan fingerprint density at radius 2 is 2.18 bits per heavy atom. The number of nitriles is 1. The van der Waals surface area contributed by atoms with Gasteiger partial charge >= 0.3 is 0 Å². The molecule has 2 rings (SSSR count). The monoisotopic (exact) mass is 231 g/mol. The van der Waals surface area contributed by atoms with Gasteiger partial charge in [-0.1, -0.05) is 5.46 Å². The lowest BCUT2D eigenvalue weighted by molar-refractivity contribution is -0.105. The van der Waals surface area contributed by atoms with E-state index < -0.39 is 11.6 Å². The van der Waals surface area contributed by atoms with Crippen molar-refractivity contribution in [2.45, 2.75) is 0 Å². The van der Waals surface area contributed by atoms with Crippen molar-refractivity contribution in [3.8, 4) is 6.07 Å². The molecule has 7 heteroatoms. The fourth-order valence-corrected chi connectivity index (χ4v) is 1.61. The minimum absolute atomic E-state index is 0.0197. The number of carbonyl (C=O) groups is 1. The van der Waals surface area contributed by atoms with Crippen molar-refractivity contribution in [1.82, 2.24) is 4.98 Å². The third-order valence-electron chi connectivity index (χ3n) is 2.33. The average Bonchev–Trinajstić information content (AvgIpc) is 2.66. The van der Waals surface area contributed by atoms with E-state index in [1.807, 2.05) is 0 Å². The maximum Gasteiger partial charge on any atom is 0.212 e. The van der Waals surface area contributed by atoms with Crippen LogP contribution >= 0.6 is 0 Å². The smallest absolute Gasteiger partial charge is 0.212 e. The van der Waals surface area contributed by atoms with Gasteiger partial charge in [-0.05, 0) is 0 Å². The number of halogens is 2. The predicted molar refractivity (Wildman–Crippen MR) is 58.0 cm³/mol. The van der Waals surface area contributed by atoms with E-state index in [-0.39, 0.29) is 27.7 Å². The molecule has 0 bridgehead atoms. The number of hydrogen-bond donors (Lipinski definition) is 2. The zero-order valence-corrected chi connectivity index (χ0v) is 8.34. The Morgan fingerprint density at radius 1 is 1.47 bits per heavy atom. The van der Waals surface area contributed by atoms with Crippen molar-refractivity contribution >= 4 is 36.4 Å². The van der Waals surface area contributed by atoms with Gasteiger partial charge in [-0.3, -0.25) is 4.79 Å². The molecule has 0 aliphatic heterocycles. The summed E-state index contributed by atoms with van der Waals surface area (Å²) >= 11 is 0. The highest BCUT2D eigenvalue weighted by Crippen LogP contribution is 2.26. The summed E-state index contributed by atoms with van der Waals surface area (Å²) in [6.45, 7) is 0. The minimum atomic E-state index is -0.955. The lowest BCUT2D eigenvalue weighted by atomic mass is 9.90. The Bertz CT molecular complexity index is 660. The Labute approximate surface area is 95.6 Å². The summed E-state index contributed by atoms with van der Waals surface area (Å²) in [6.07, 6.45) is 0.315. The number of hydrogen-bond acceptors (Lipinski definition) is 2. The predicted octanol–water partition coefficient (Wildman–Crippen LogP) is 0.680. The Hall–Kier alpha value is -2.36. The molecule has 1 amide bonds. The first-order valence-corrected chi connectivity index (χ1v) is 4.49. The number of carbonyl (C=O) groups excluding carboxylic acids is 1. The van der Waals surface area contributed by atoms with E-state index in [2.05, 4.69) is 10.3 Å². The number of benzene rings is 1. The Balaban J connectivity index is 2.93. The van der Waals surface area contributed by atoms with Gasteiger partial charge in [0.2, 0.25) is 6.41 Å². The van der Waals surface area contributed by atoms with Crippen LogP contribution < -0.4 is 10.8 Å². The molecule has 0 fully saturated rings. The van der Waals surface area contributed by atoms with Crippen molar-refractivity contribution < 1.29 is 13.6 Å². The number of anilines is 1. The van der Waals surface area contributed by atoms with Gasteiger partial charge in [-0.15, -0.1) is 0 Å². The third-order valence-corrected chi connectivity index (χ3v) is 2.33. The summed E-state index contributed by atoms with van der Waals surface area (Å²) < 4.78 is 26.7. The van der Waals surface area contributed by atoms with Gasteiger partial charge in [0.1, 0.15) is 36.9 Å². The van der Waals surface area contributed by atoms with Crippen molar-refractivity contribution in [3.63, 3.8) is 0 Å². The van der Waals surface area contributed by atoms with Crippen LogP contribution in [0.5, 0.6) is 0 Å². The van der Waals surface area contributed by atoms with Crippen molar-refractivity contribution in [3.05, 3.63) is 23.3 Å². The molecule has 2 N–H and O–H groups in total. The van der Waals surface area contributed by atoms with Gasteiger partial charge in [-0.2, -0.15) is 5.26 Å². The van der Waals surface area contributed by atoms with Crippen LogP contribution in [-0.4, -0.2) is 19.2 Å². The second kappa shape index (κ2) is 3.90. The van der Waals surface area contributed by atoms with E-state index in [9.17, 15) is 13.6 Å². The van der Waals surface area contributed by atoms with Crippen LogP contribution in [0.3, 0.4) is 0 Å². The summed E-state index contributed by atoms with van der Waals surface area (Å²) in [5.41, 5.74) is -0.569. The van der Waals surface area contributed by atoms with Gasteiger partial charge < -0.3 is 10.3 Å². The molecule has 1 heterocycles. The SMILES string of the molecule is [B]c1c(F)cc(F)c2[nH]c(NC=O)c(C#N)c12. The molecule has 0 saturated heterocycles. The molecular formula is C10H4BF2N3O. The molecular weight excluding hydrogens is 227 g/mol.